The highest BCUT2D eigenvalue weighted by Gasteiger charge is 2.18. The Kier molecular flexibility index (Phi) is 5.26. The number of carboxylic acid groups (broad SMARTS) is 1. The first-order valence-corrected chi connectivity index (χ1v) is 8.36. The van der Waals surface area contributed by atoms with E-state index in [4.69, 9.17) is 12.2 Å². The lowest BCUT2D eigenvalue weighted by molar-refractivity contribution is -0.139. The number of nitrogens with one attached hydrogen (secondary N) is 2. The zero-order valence-electron chi connectivity index (χ0n) is 13.5. The number of benzene rings is 3. The van der Waals surface area contributed by atoms with Crippen LogP contribution >= 0.6 is 12.2 Å². The second kappa shape index (κ2) is 7.77. The Morgan fingerprint density at radius 2 is 1.64 bits per heavy atom. The Bertz CT molecular complexity index is 896. The van der Waals surface area contributed by atoms with Gasteiger partial charge in [-0.3, -0.25) is 0 Å². The van der Waals surface area contributed by atoms with Crippen molar-refractivity contribution in [2.75, 3.05) is 5.32 Å². The second-order valence-corrected chi connectivity index (χ2v) is 6.15. The number of hydrogen-bond acceptors (Lipinski definition) is 2. The zero-order valence-corrected chi connectivity index (χ0v) is 14.3. The van der Waals surface area contributed by atoms with Crippen molar-refractivity contribution in [2.24, 2.45) is 0 Å². The molecule has 0 aliphatic carbocycles. The molecular weight excluding hydrogens is 332 g/mol. The summed E-state index contributed by atoms with van der Waals surface area (Å²) >= 11 is 5.28. The molecule has 5 heteroatoms. The summed E-state index contributed by atoms with van der Waals surface area (Å²) in [6.45, 7) is 0. The van der Waals surface area contributed by atoms with E-state index < -0.39 is 12.0 Å². The monoisotopic (exact) mass is 350 g/mol. The topological polar surface area (TPSA) is 61.4 Å². The molecule has 3 rings (SSSR count). The van der Waals surface area contributed by atoms with Crippen LogP contribution in [-0.2, 0) is 11.2 Å². The molecule has 4 nitrogen and oxygen atoms in total. The summed E-state index contributed by atoms with van der Waals surface area (Å²) in [5.74, 6) is -0.938. The Morgan fingerprint density at radius 3 is 2.36 bits per heavy atom. The minimum atomic E-state index is -0.938. The van der Waals surface area contributed by atoms with Crippen molar-refractivity contribution in [3.05, 3.63) is 78.4 Å². The Balaban J connectivity index is 1.67. The predicted octanol–water partition coefficient (Wildman–Crippen LogP) is 3.82. The fourth-order valence-corrected chi connectivity index (χ4v) is 2.90. The fourth-order valence-electron chi connectivity index (χ4n) is 2.64. The highest BCUT2D eigenvalue weighted by atomic mass is 32.1. The molecule has 0 bridgehead atoms. The highest BCUT2D eigenvalue weighted by molar-refractivity contribution is 7.80. The summed E-state index contributed by atoms with van der Waals surface area (Å²) in [6.07, 6.45) is 0.357. The molecule has 0 fully saturated rings. The Morgan fingerprint density at radius 1 is 0.960 bits per heavy atom. The number of hydrogen-bond donors (Lipinski definition) is 3. The van der Waals surface area contributed by atoms with Gasteiger partial charge in [0.1, 0.15) is 6.04 Å². The van der Waals surface area contributed by atoms with Crippen molar-refractivity contribution in [1.82, 2.24) is 5.32 Å². The molecule has 0 aromatic heterocycles. The van der Waals surface area contributed by atoms with Gasteiger partial charge in [-0.25, -0.2) is 4.79 Å². The van der Waals surface area contributed by atoms with Crippen molar-refractivity contribution in [1.29, 1.82) is 0 Å². The van der Waals surface area contributed by atoms with Crippen LogP contribution in [0.2, 0.25) is 0 Å². The van der Waals surface area contributed by atoms with Crippen LogP contribution in [0.5, 0.6) is 0 Å². The third-order valence-corrected chi connectivity index (χ3v) is 4.11. The molecule has 25 heavy (non-hydrogen) atoms. The van der Waals surface area contributed by atoms with E-state index in [0.717, 1.165) is 22.0 Å². The van der Waals surface area contributed by atoms with Crippen LogP contribution in [0.1, 0.15) is 5.56 Å². The van der Waals surface area contributed by atoms with Crippen LogP contribution in [0.15, 0.2) is 72.8 Å². The SMILES string of the molecule is O=C(O)C(Cc1ccccc1)NC(=S)Nc1ccc2ccccc2c1. The lowest BCUT2D eigenvalue weighted by atomic mass is 10.1. The standard InChI is InChI=1S/C20H18N2O2S/c23-19(24)18(12-14-6-2-1-3-7-14)22-20(25)21-17-11-10-15-8-4-5-9-16(15)13-17/h1-11,13,18H,12H2,(H,23,24)(H2,21,22,25). The van der Waals surface area contributed by atoms with Gasteiger partial charge in [-0.1, -0.05) is 60.7 Å². The van der Waals surface area contributed by atoms with Gasteiger partial charge in [0.25, 0.3) is 0 Å². The van der Waals surface area contributed by atoms with Gasteiger partial charge in [0.15, 0.2) is 5.11 Å². The summed E-state index contributed by atoms with van der Waals surface area (Å²) < 4.78 is 0. The molecule has 0 radical (unpaired) electrons. The van der Waals surface area contributed by atoms with Crippen molar-refractivity contribution in [3.8, 4) is 0 Å². The van der Waals surface area contributed by atoms with Crippen molar-refractivity contribution in [3.63, 3.8) is 0 Å². The number of rotatable bonds is 5. The van der Waals surface area contributed by atoms with E-state index in [9.17, 15) is 9.90 Å². The average Bonchev–Trinajstić information content (AvgIpc) is 2.62. The molecule has 3 N–H and O–H groups in total. The maximum Gasteiger partial charge on any atom is 0.326 e. The van der Waals surface area contributed by atoms with Gasteiger partial charge < -0.3 is 15.7 Å². The third-order valence-electron chi connectivity index (χ3n) is 3.89. The molecule has 1 atom stereocenters. The lowest BCUT2D eigenvalue weighted by Gasteiger charge is -2.17. The molecule has 0 aliphatic heterocycles. The van der Waals surface area contributed by atoms with Gasteiger partial charge in [0.05, 0.1) is 0 Å². The average molecular weight is 350 g/mol. The van der Waals surface area contributed by atoms with Gasteiger partial charge in [0.2, 0.25) is 0 Å². The zero-order chi connectivity index (χ0) is 17.6. The summed E-state index contributed by atoms with van der Waals surface area (Å²) in [5.41, 5.74) is 1.76. The van der Waals surface area contributed by atoms with Crippen molar-refractivity contribution >= 4 is 39.8 Å². The minimum Gasteiger partial charge on any atom is -0.480 e. The molecule has 126 valence electrons. The number of carboxylic acids is 1. The van der Waals surface area contributed by atoms with Gasteiger partial charge >= 0.3 is 5.97 Å². The molecule has 3 aromatic carbocycles. The Hall–Kier alpha value is -2.92. The number of carbonyl (C=O) groups is 1. The predicted molar refractivity (Wildman–Crippen MR) is 105 cm³/mol. The Labute approximate surface area is 151 Å². The molecule has 3 aromatic rings. The van der Waals surface area contributed by atoms with E-state index in [1.54, 1.807) is 0 Å². The van der Waals surface area contributed by atoms with Gasteiger partial charge in [0, 0.05) is 12.1 Å². The maximum absolute atomic E-state index is 11.5. The molecule has 0 saturated carbocycles. The first kappa shape index (κ1) is 16.9. The van der Waals surface area contributed by atoms with E-state index in [2.05, 4.69) is 10.6 Å². The van der Waals surface area contributed by atoms with Gasteiger partial charge in [-0.05, 0) is 40.7 Å². The van der Waals surface area contributed by atoms with E-state index in [-0.39, 0.29) is 0 Å². The maximum atomic E-state index is 11.5. The van der Waals surface area contributed by atoms with Crippen LogP contribution < -0.4 is 10.6 Å². The van der Waals surface area contributed by atoms with Crippen molar-refractivity contribution < 1.29 is 9.90 Å². The van der Waals surface area contributed by atoms with Crippen LogP contribution in [0.3, 0.4) is 0 Å². The summed E-state index contributed by atoms with van der Waals surface area (Å²) in [7, 11) is 0. The number of fused-ring (bicyclic) bond motifs is 1. The number of thiocarbonyl (C=S) groups is 1. The number of anilines is 1. The molecule has 0 saturated heterocycles. The molecular formula is C20H18N2O2S. The quantitative estimate of drug-likeness (QED) is 0.611. The van der Waals surface area contributed by atoms with E-state index in [0.29, 0.717) is 11.5 Å². The normalized spacial score (nSPS) is 11.7. The smallest absolute Gasteiger partial charge is 0.326 e. The molecule has 0 heterocycles. The van der Waals surface area contributed by atoms with Gasteiger partial charge in [-0.2, -0.15) is 0 Å². The van der Waals surface area contributed by atoms with Crippen LogP contribution in [0.4, 0.5) is 5.69 Å². The third kappa shape index (κ3) is 4.55. The first-order chi connectivity index (χ1) is 12.1. The summed E-state index contributed by atoms with van der Waals surface area (Å²) in [5, 5.41) is 17.9. The molecule has 1 unspecified atom stereocenters. The second-order valence-electron chi connectivity index (χ2n) is 5.74. The van der Waals surface area contributed by atoms with Crippen LogP contribution in [-0.4, -0.2) is 22.2 Å². The molecule has 0 spiro atoms. The lowest BCUT2D eigenvalue weighted by Crippen LogP contribution is -2.44. The van der Waals surface area contributed by atoms with Gasteiger partial charge in [-0.15, -0.1) is 0 Å². The van der Waals surface area contributed by atoms with E-state index >= 15 is 0 Å². The first-order valence-electron chi connectivity index (χ1n) is 7.95. The van der Waals surface area contributed by atoms with Crippen molar-refractivity contribution in [2.45, 2.75) is 12.5 Å². The van der Waals surface area contributed by atoms with Crippen LogP contribution in [0.25, 0.3) is 10.8 Å². The van der Waals surface area contributed by atoms with E-state index in [1.165, 1.54) is 0 Å². The minimum absolute atomic E-state index is 0.290. The molecule has 0 aliphatic rings. The molecule has 0 amide bonds. The van der Waals surface area contributed by atoms with Crippen LogP contribution in [0, 0.1) is 0 Å². The highest BCUT2D eigenvalue weighted by Crippen LogP contribution is 2.18. The number of aliphatic carboxylic acids is 1. The van der Waals surface area contributed by atoms with E-state index in [1.807, 2.05) is 72.8 Å². The fraction of sp³-hybridized carbons (Fsp3) is 0.100. The largest absolute Gasteiger partial charge is 0.480 e. The summed E-state index contributed by atoms with van der Waals surface area (Å²) in [6, 6.07) is 22.6. The summed E-state index contributed by atoms with van der Waals surface area (Å²) in [4.78, 5) is 11.5.